The van der Waals surface area contributed by atoms with Crippen LogP contribution in [0, 0.1) is 0 Å². The van der Waals surface area contributed by atoms with Gasteiger partial charge in [0.2, 0.25) is 0 Å². The molecular formula is C21H20N4O3S. The maximum atomic E-state index is 11.8. The Balaban J connectivity index is 1.45. The molecule has 4 aromatic rings. The predicted molar refractivity (Wildman–Crippen MR) is 113 cm³/mol. The van der Waals surface area contributed by atoms with Gasteiger partial charge in [0.1, 0.15) is 0 Å². The van der Waals surface area contributed by atoms with Gasteiger partial charge in [0.25, 0.3) is 5.56 Å². The van der Waals surface area contributed by atoms with Crippen LogP contribution in [0.2, 0.25) is 0 Å². The summed E-state index contributed by atoms with van der Waals surface area (Å²) in [5, 5.41) is 3.44. The zero-order valence-electron chi connectivity index (χ0n) is 15.9. The molecule has 0 spiro atoms. The van der Waals surface area contributed by atoms with E-state index < -0.39 is 0 Å². The van der Waals surface area contributed by atoms with Crippen LogP contribution in [0.4, 0.5) is 0 Å². The summed E-state index contributed by atoms with van der Waals surface area (Å²) in [7, 11) is 1.63. The number of H-pyrrole nitrogens is 1. The highest BCUT2D eigenvalue weighted by atomic mass is 32.2. The minimum absolute atomic E-state index is 0.203. The Labute approximate surface area is 171 Å². The molecule has 0 bridgehead atoms. The van der Waals surface area contributed by atoms with Crippen LogP contribution in [-0.4, -0.2) is 39.1 Å². The minimum atomic E-state index is -0.203. The number of para-hydroxylation sites is 2. The molecule has 2 aromatic carbocycles. The maximum Gasteiger partial charge on any atom is 0.266 e. The first-order valence-electron chi connectivity index (χ1n) is 9.18. The van der Waals surface area contributed by atoms with Crippen molar-refractivity contribution in [3.05, 3.63) is 71.0 Å². The summed E-state index contributed by atoms with van der Waals surface area (Å²) in [5.41, 5.74) is 1.26. The Morgan fingerprint density at radius 2 is 1.79 bits per heavy atom. The first kappa shape index (κ1) is 19.1. The molecule has 8 heteroatoms. The van der Waals surface area contributed by atoms with E-state index in [2.05, 4.69) is 15.1 Å². The summed E-state index contributed by atoms with van der Waals surface area (Å²) in [4.78, 5) is 20.9. The molecule has 148 valence electrons. The van der Waals surface area contributed by atoms with Crippen LogP contribution in [0.25, 0.3) is 17.0 Å². The van der Waals surface area contributed by atoms with Crippen molar-refractivity contribution in [2.45, 2.75) is 11.6 Å². The number of benzene rings is 2. The van der Waals surface area contributed by atoms with Gasteiger partial charge in [0.05, 0.1) is 13.7 Å². The molecule has 0 saturated heterocycles. The number of aromatic nitrogens is 4. The Bertz CT molecular complexity index is 1160. The van der Waals surface area contributed by atoms with Crippen molar-refractivity contribution in [2.75, 3.05) is 19.5 Å². The summed E-state index contributed by atoms with van der Waals surface area (Å²) in [6.07, 6.45) is 0.806. The highest BCUT2D eigenvalue weighted by Gasteiger charge is 2.11. The topological polar surface area (TPSA) is 81.5 Å². The number of aromatic amines is 1. The molecular weight excluding hydrogens is 388 g/mol. The quantitative estimate of drug-likeness (QED) is 0.354. The van der Waals surface area contributed by atoms with E-state index in [1.165, 1.54) is 6.07 Å². The molecule has 0 saturated carbocycles. The van der Waals surface area contributed by atoms with Gasteiger partial charge in [-0.05, 0) is 18.6 Å². The number of rotatable bonds is 8. The average molecular weight is 408 g/mol. The molecule has 0 fully saturated rings. The fourth-order valence-corrected chi connectivity index (χ4v) is 3.70. The fourth-order valence-electron chi connectivity index (χ4n) is 2.84. The van der Waals surface area contributed by atoms with Gasteiger partial charge in [-0.2, -0.15) is 0 Å². The third-order valence-electron chi connectivity index (χ3n) is 4.20. The SMILES string of the molecule is COc1ccccc1OCCCSc1nc(-c2ccccc2)nc2cc(=O)[nH]n12. The number of nitrogens with one attached hydrogen (secondary N) is 1. The molecule has 0 atom stereocenters. The van der Waals surface area contributed by atoms with E-state index in [4.69, 9.17) is 9.47 Å². The Kier molecular flexibility index (Phi) is 5.81. The normalized spacial score (nSPS) is 10.9. The number of nitrogens with zero attached hydrogens (tertiary/aromatic N) is 3. The monoisotopic (exact) mass is 408 g/mol. The lowest BCUT2D eigenvalue weighted by Crippen LogP contribution is -2.05. The standard InChI is InChI=1S/C21H20N4O3S/c1-27-16-10-5-6-11-17(16)28-12-7-13-29-21-23-20(15-8-3-2-4-9-15)22-18-14-19(26)24-25(18)21/h2-6,8-11,14H,7,12-13H2,1H3,(H,24,26). The molecule has 7 nitrogen and oxygen atoms in total. The van der Waals surface area contributed by atoms with Crippen molar-refractivity contribution in [3.63, 3.8) is 0 Å². The lowest BCUT2D eigenvalue weighted by atomic mass is 10.2. The second kappa shape index (κ2) is 8.83. The third kappa shape index (κ3) is 4.43. The lowest BCUT2D eigenvalue weighted by molar-refractivity contribution is 0.295. The first-order valence-corrected chi connectivity index (χ1v) is 10.2. The lowest BCUT2D eigenvalue weighted by Gasteiger charge is -2.10. The largest absolute Gasteiger partial charge is 0.493 e. The molecule has 0 radical (unpaired) electrons. The van der Waals surface area contributed by atoms with Gasteiger partial charge in [-0.25, -0.2) is 14.5 Å². The number of thioether (sulfide) groups is 1. The summed E-state index contributed by atoms with van der Waals surface area (Å²) >= 11 is 1.55. The molecule has 1 N–H and O–H groups in total. The molecule has 4 rings (SSSR count). The maximum absolute atomic E-state index is 11.8. The van der Waals surface area contributed by atoms with Gasteiger partial charge >= 0.3 is 0 Å². The zero-order chi connectivity index (χ0) is 20.1. The summed E-state index contributed by atoms with van der Waals surface area (Å²) < 4.78 is 12.7. The van der Waals surface area contributed by atoms with Crippen LogP contribution >= 0.6 is 11.8 Å². The van der Waals surface area contributed by atoms with Crippen molar-refractivity contribution in [3.8, 4) is 22.9 Å². The van der Waals surface area contributed by atoms with E-state index >= 15 is 0 Å². The van der Waals surface area contributed by atoms with E-state index in [1.54, 1.807) is 23.4 Å². The van der Waals surface area contributed by atoms with E-state index in [9.17, 15) is 4.79 Å². The molecule has 29 heavy (non-hydrogen) atoms. The van der Waals surface area contributed by atoms with Gasteiger partial charge in [-0.1, -0.05) is 54.2 Å². The van der Waals surface area contributed by atoms with Gasteiger partial charge in [0, 0.05) is 17.4 Å². The van der Waals surface area contributed by atoms with Crippen LogP contribution < -0.4 is 15.0 Å². The molecule has 0 aliphatic carbocycles. The van der Waals surface area contributed by atoms with Gasteiger partial charge in [-0.3, -0.25) is 9.89 Å². The molecule has 2 heterocycles. The molecule has 0 aliphatic heterocycles. The van der Waals surface area contributed by atoms with Crippen molar-refractivity contribution >= 4 is 17.4 Å². The summed E-state index contributed by atoms with van der Waals surface area (Å²) in [6.45, 7) is 0.551. The second-order valence-electron chi connectivity index (χ2n) is 6.21. The minimum Gasteiger partial charge on any atom is -0.493 e. The Morgan fingerprint density at radius 3 is 2.59 bits per heavy atom. The predicted octanol–water partition coefficient (Wildman–Crippen LogP) is 3.65. The molecule has 0 amide bonds. The zero-order valence-corrected chi connectivity index (χ0v) is 16.7. The smallest absolute Gasteiger partial charge is 0.266 e. The van der Waals surface area contributed by atoms with E-state index in [0.29, 0.717) is 23.2 Å². The summed E-state index contributed by atoms with van der Waals surface area (Å²) in [6, 6.07) is 18.8. The van der Waals surface area contributed by atoms with Crippen LogP contribution in [-0.2, 0) is 0 Å². The highest BCUT2D eigenvalue weighted by molar-refractivity contribution is 7.99. The average Bonchev–Trinajstić information content (AvgIpc) is 3.14. The van der Waals surface area contributed by atoms with E-state index in [0.717, 1.165) is 29.2 Å². The van der Waals surface area contributed by atoms with E-state index in [-0.39, 0.29) is 5.56 Å². The Morgan fingerprint density at radius 1 is 1.03 bits per heavy atom. The fraction of sp³-hybridized carbons (Fsp3) is 0.190. The van der Waals surface area contributed by atoms with Gasteiger partial charge in [0.15, 0.2) is 28.1 Å². The number of hydrogen-bond donors (Lipinski definition) is 1. The first-order chi connectivity index (χ1) is 14.2. The number of hydrogen-bond acceptors (Lipinski definition) is 6. The highest BCUT2D eigenvalue weighted by Crippen LogP contribution is 2.26. The van der Waals surface area contributed by atoms with Crippen molar-refractivity contribution < 1.29 is 9.47 Å². The van der Waals surface area contributed by atoms with Gasteiger partial charge < -0.3 is 9.47 Å². The number of ether oxygens (including phenoxy) is 2. The third-order valence-corrected chi connectivity index (χ3v) is 5.23. The Hall–Kier alpha value is -3.26. The van der Waals surface area contributed by atoms with Crippen LogP contribution in [0.3, 0.4) is 0 Å². The van der Waals surface area contributed by atoms with Gasteiger partial charge in [-0.15, -0.1) is 0 Å². The number of fused-ring (bicyclic) bond motifs is 1. The van der Waals surface area contributed by atoms with Crippen molar-refractivity contribution in [2.24, 2.45) is 0 Å². The second-order valence-corrected chi connectivity index (χ2v) is 7.27. The summed E-state index contributed by atoms with van der Waals surface area (Å²) in [5.74, 6) is 2.81. The van der Waals surface area contributed by atoms with Crippen LogP contribution in [0.15, 0.2) is 70.6 Å². The number of methoxy groups -OCH3 is 1. The molecule has 2 aromatic heterocycles. The molecule has 0 unspecified atom stereocenters. The van der Waals surface area contributed by atoms with Crippen molar-refractivity contribution in [1.29, 1.82) is 0 Å². The van der Waals surface area contributed by atoms with Crippen molar-refractivity contribution in [1.82, 2.24) is 19.6 Å². The van der Waals surface area contributed by atoms with E-state index in [1.807, 2.05) is 54.6 Å². The molecule has 0 aliphatic rings. The van der Waals surface area contributed by atoms with Crippen LogP contribution in [0.1, 0.15) is 6.42 Å². The van der Waals surface area contributed by atoms with Crippen LogP contribution in [0.5, 0.6) is 11.5 Å².